The molecule has 0 bridgehead atoms. The van der Waals surface area contributed by atoms with Gasteiger partial charge in [0, 0.05) is 0 Å². The van der Waals surface area contributed by atoms with Crippen LogP contribution in [0.25, 0.3) is 0 Å². The fraction of sp³-hybridized carbons (Fsp3) is 0.667. The van der Waals surface area contributed by atoms with E-state index >= 15 is 0 Å². The summed E-state index contributed by atoms with van der Waals surface area (Å²) in [6, 6.07) is 0. The van der Waals surface area contributed by atoms with Crippen molar-refractivity contribution in [2.24, 2.45) is 0 Å². The minimum Gasteiger partial charge on any atom is -0.502 e. The molecule has 0 aromatic carbocycles. The lowest BCUT2D eigenvalue weighted by Gasteiger charge is -1.93. The predicted molar refractivity (Wildman–Crippen MR) is 31.1 cm³/mol. The summed E-state index contributed by atoms with van der Waals surface area (Å²) in [5.74, 6) is 1.00. The zero-order chi connectivity index (χ0) is 5.70. The van der Waals surface area contributed by atoms with E-state index in [9.17, 15) is 0 Å². The molecule has 0 heterocycles. The van der Waals surface area contributed by atoms with Crippen molar-refractivity contribution in [2.75, 3.05) is 7.11 Å². The first-order valence-electron chi connectivity index (χ1n) is 2.52. The molecule has 0 spiro atoms. The van der Waals surface area contributed by atoms with E-state index in [-0.39, 0.29) is 0 Å². The molecule has 0 saturated heterocycles. The van der Waals surface area contributed by atoms with Crippen LogP contribution in [0, 0.1) is 0 Å². The van der Waals surface area contributed by atoms with Crippen molar-refractivity contribution < 1.29 is 4.74 Å². The van der Waals surface area contributed by atoms with Gasteiger partial charge in [0.2, 0.25) is 0 Å². The minimum absolute atomic E-state index is 1.00. The average Bonchev–Trinajstić information content (AvgIpc) is 1.68. The van der Waals surface area contributed by atoms with Crippen molar-refractivity contribution in [3.63, 3.8) is 0 Å². The van der Waals surface area contributed by atoms with Gasteiger partial charge >= 0.3 is 0 Å². The summed E-state index contributed by atoms with van der Waals surface area (Å²) in [5.41, 5.74) is 0. The van der Waals surface area contributed by atoms with E-state index in [1.54, 1.807) is 7.11 Å². The van der Waals surface area contributed by atoms with Crippen LogP contribution in [0.3, 0.4) is 0 Å². The minimum atomic E-state index is 1.00. The quantitative estimate of drug-likeness (QED) is 0.482. The first-order chi connectivity index (χ1) is 3.31. The number of rotatable bonds is 2. The summed E-state index contributed by atoms with van der Waals surface area (Å²) in [5, 5.41) is 0. The summed E-state index contributed by atoms with van der Waals surface area (Å²) in [4.78, 5) is 0. The maximum absolute atomic E-state index is 4.85. The molecule has 0 aromatic heterocycles. The lowest BCUT2D eigenvalue weighted by atomic mass is 10.4. The Morgan fingerprint density at radius 1 is 1.71 bits per heavy atom. The summed E-state index contributed by atoms with van der Waals surface area (Å²) in [6.07, 6.45) is 3.10. The van der Waals surface area contributed by atoms with Crippen LogP contribution in [-0.4, -0.2) is 7.11 Å². The molecule has 1 heteroatoms. The number of methoxy groups -OCH3 is 1. The van der Waals surface area contributed by atoms with Crippen molar-refractivity contribution in [1.82, 2.24) is 0 Å². The molecule has 0 saturated carbocycles. The molecule has 0 amide bonds. The van der Waals surface area contributed by atoms with E-state index in [2.05, 4.69) is 6.92 Å². The summed E-state index contributed by atoms with van der Waals surface area (Å²) in [7, 11) is 1.68. The highest BCUT2D eigenvalue weighted by molar-refractivity contribution is 4.85. The molecule has 0 aromatic rings. The third-order valence-corrected chi connectivity index (χ3v) is 0.814. The van der Waals surface area contributed by atoms with Crippen LogP contribution in [0.2, 0.25) is 0 Å². The average molecular weight is 100 g/mol. The molecular weight excluding hydrogens is 88.1 g/mol. The van der Waals surface area contributed by atoms with E-state index in [4.69, 9.17) is 4.74 Å². The van der Waals surface area contributed by atoms with E-state index in [1.165, 1.54) is 0 Å². The zero-order valence-corrected chi connectivity index (χ0v) is 5.19. The number of ether oxygens (including phenoxy) is 1. The SMILES string of the molecule is CCC=C(C)OC. The highest BCUT2D eigenvalue weighted by Gasteiger charge is 1.76. The van der Waals surface area contributed by atoms with Gasteiger partial charge in [-0.2, -0.15) is 0 Å². The molecule has 0 fully saturated rings. The van der Waals surface area contributed by atoms with Gasteiger partial charge in [-0.05, 0) is 19.4 Å². The van der Waals surface area contributed by atoms with Crippen molar-refractivity contribution in [3.8, 4) is 0 Å². The molecule has 1 nitrogen and oxygen atoms in total. The maximum Gasteiger partial charge on any atom is 0.0884 e. The molecular formula is C6H12O. The predicted octanol–water partition coefficient (Wildman–Crippen LogP) is 1.95. The van der Waals surface area contributed by atoms with Gasteiger partial charge in [-0.15, -0.1) is 0 Å². The highest BCUT2D eigenvalue weighted by atomic mass is 16.5. The second kappa shape index (κ2) is 3.72. The van der Waals surface area contributed by atoms with Gasteiger partial charge in [0.1, 0.15) is 0 Å². The summed E-state index contributed by atoms with van der Waals surface area (Å²) < 4.78 is 4.85. The van der Waals surface area contributed by atoms with Gasteiger partial charge in [0.25, 0.3) is 0 Å². The number of hydrogen-bond acceptors (Lipinski definition) is 1. The van der Waals surface area contributed by atoms with E-state index in [0.717, 1.165) is 12.2 Å². The van der Waals surface area contributed by atoms with Crippen LogP contribution < -0.4 is 0 Å². The zero-order valence-electron chi connectivity index (χ0n) is 5.19. The lowest BCUT2D eigenvalue weighted by Crippen LogP contribution is -1.75. The largest absolute Gasteiger partial charge is 0.502 e. The molecule has 0 rings (SSSR count). The van der Waals surface area contributed by atoms with E-state index < -0.39 is 0 Å². The van der Waals surface area contributed by atoms with Gasteiger partial charge in [-0.1, -0.05) is 6.92 Å². The van der Waals surface area contributed by atoms with E-state index in [0.29, 0.717) is 0 Å². The third kappa shape index (κ3) is 3.37. The summed E-state index contributed by atoms with van der Waals surface area (Å²) in [6.45, 7) is 4.03. The van der Waals surface area contributed by atoms with Crippen LogP contribution in [0.15, 0.2) is 11.8 Å². The Bertz CT molecular complexity index is 64.6. The lowest BCUT2D eigenvalue weighted by molar-refractivity contribution is 0.292. The fourth-order valence-electron chi connectivity index (χ4n) is 0.371. The first kappa shape index (κ1) is 6.54. The van der Waals surface area contributed by atoms with Gasteiger partial charge in [-0.3, -0.25) is 0 Å². The molecule has 7 heavy (non-hydrogen) atoms. The molecule has 0 unspecified atom stereocenters. The monoisotopic (exact) mass is 100 g/mol. The van der Waals surface area contributed by atoms with Crippen molar-refractivity contribution in [1.29, 1.82) is 0 Å². The van der Waals surface area contributed by atoms with Crippen molar-refractivity contribution in [2.45, 2.75) is 20.3 Å². The molecule has 0 N–H and O–H groups in total. The molecule has 0 aliphatic heterocycles. The fourth-order valence-corrected chi connectivity index (χ4v) is 0.371. The van der Waals surface area contributed by atoms with Crippen molar-refractivity contribution >= 4 is 0 Å². The van der Waals surface area contributed by atoms with E-state index in [1.807, 2.05) is 13.0 Å². The molecule has 0 radical (unpaired) electrons. The van der Waals surface area contributed by atoms with Gasteiger partial charge < -0.3 is 4.74 Å². The second-order valence-corrected chi connectivity index (χ2v) is 1.43. The Morgan fingerprint density at radius 3 is 2.43 bits per heavy atom. The number of allylic oxidation sites excluding steroid dienone is 2. The van der Waals surface area contributed by atoms with Crippen LogP contribution in [0.1, 0.15) is 20.3 Å². The Labute approximate surface area is 45.0 Å². The van der Waals surface area contributed by atoms with Gasteiger partial charge in [-0.25, -0.2) is 0 Å². The normalized spacial score (nSPS) is 11.6. The van der Waals surface area contributed by atoms with Crippen molar-refractivity contribution in [3.05, 3.63) is 11.8 Å². The topological polar surface area (TPSA) is 9.23 Å². The van der Waals surface area contributed by atoms with Crippen LogP contribution in [0.4, 0.5) is 0 Å². The summed E-state index contributed by atoms with van der Waals surface area (Å²) >= 11 is 0. The van der Waals surface area contributed by atoms with Gasteiger partial charge in [0.15, 0.2) is 0 Å². The standard InChI is InChI=1S/C6H12O/c1-4-5-6(2)7-3/h5H,4H2,1-3H3. The van der Waals surface area contributed by atoms with Crippen LogP contribution >= 0.6 is 0 Å². The van der Waals surface area contributed by atoms with Crippen LogP contribution in [-0.2, 0) is 4.74 Å². The highest BCUT2D eigenvalue weighted by Crippen LogP contribution is 1.92. The first-order valence-corrected chi connectivity index (χ1v) is 2.52. The Kier molecular flexibility index (Phi) is 3.48. The molecule has 0 aliphatic carbocycles. The Morgan fingerprint density at radius 2 is 2.29 bits per heavy atom. The number of hydrogen-bond donors (Lipinski definition) is 0. The van der Waals surface area contributed by atoms with Crippen LogP contribution in [0.5, 0.6) is 0 Å². The maximum atomic E-state index is 4.85. The van der Waals surface area contributed by atoms with Gasteiger partial charge in [0.05, 0.1) is 12.9 Å². The molecule has 0 atom stereocenters. The molecule has 42 valence electrons. The second-order valence-electron chi connectivity index (χ2n) is 1.43. The third-order valence-electron chi connectivity index (χ3n) is 0.814. The molecule has 0 aliphatic rings. The Hall–Kier alpha value is -0.460. The smallest absolute Gasteiger partial charge is 0.0884 e. The Balaban J connectivity index is 3.29.